The number of aromatic nitrogens is 4. The summed E-state index contributed by atoms with van der Waals surface area (Å²) < 4.78 is 1.70. The van der Waals surface area contributed by atoms with E-state index in [2.05, 4.69) is 26.9 Å². The number of hydrogen-bond acceptors (Lipinski definition) is 6. The Morgan fingerprint density at radius 1 is 1.29 bits per heavy atom. The Kier molecular flexibility index (Phi) is 3.36. The molecule has 1 unspecified atom stereocenters. The number of carbonyl (C=O) groups excluding carboxylic acids is 1. The largest absolute Gasteiger partial charge is 0.383 e. The summed E-state index contributed by atoms with van der Waals surface area (Å²) in [7, 11) is 1.84. The van der Waals surface area contributed by atoms with Crippen LogP contribution in [0, 0.1) is 5.41 Å². The molecule has 2 N–H and O–H groups in total. The van der Waals surface area contributed by atoms with Crippen molar-refractivity contribution < 1.29 is 4.79 Å². The van der Waals surface area contributed by atoms with E-state index in [4.69, 9.17) is 5.73 Å². The fourth-order valence-electron chi connectivity index (χ4n) is 3.97. The van der Waals surface area contributed by atoms with Crippen LogP contribution in [0.1, 0.15) is 26.2 Å². The quantitative estimate of drug-likeness (QED) is 0.894. The van der Waals surface area contributed by atoms with E-state index in [-0.39, 0.29) is 5.41 Å². The van der Waals surface area contributed by atoms with Gasteiger partial charge >= 0.3 is 0 Å². The van der Waals surface area contributed by atoms with Crippen molar-refractivity contribution in [2.75, 3.05) is 36.8 Å². The molecule has 2 fully saturated rings. The van der Waals surface area contributed by atoms with Gasteiger partial charge in [0, 0.05) is 33.2 Å². The summed E-state index contributed by atoms with van der Waals surface area (Å²) in [6.07, 6.45) is 4.47. The van der Waals surface area contributed by atoms with Gasteiger partial charge in [-0.1, -0.05) is 6.92 Å². The number of nitrogens with two attached hydrogens (primary N) is 1. The highest BCUT2D eigenvalue weighted by atomic mass is 16.2. The summed E-state index contributed by atoms with van der Waals surface area (Å²) in [5.41, 5.74) is 6.52. The van der Waals surface area contributed by atoms with E-state index >= 15 is 0 Å². The van der Waals surface area contributed by atoms with Gasteiger partial charge in [0.05, 0.1) is 17.0 Å². The molecule has 0 bridgehead atoms. The molecule has 2 aromatic rings. The first-order valence-corrected chi connectivity index (χ1v) is 8.53. The first-order valence-electron chi connectivity index (χ1n) is 8.53. The van der Waals surface area contributed by atoms with Crippen molar-refractivity contribution in [3.05, 3.63) is 6.20 Å². The van der Waals surface area contributed by atoms with Crippen molar-refractivity contribution >= 4 is 28.7 Å². The van der Waals surface area contributed by atoms with Gasteiger partial charge in [-0.25, -0.2) is 0 Å². The molecule has 1 atom stereocenters. The SMILES string of the molecule is CCCN1CCC2(CCN(c3nc(N)c4cnn(C)c4n3)C2)C1=O. The summed E-state index contributed by atoms with van der Waals surface area (Å²) in [4.78, 5) is 26.0. The number of hydrogen-bond donors (Lipinski definition) is 1. The van der Waals surface area contributed by atoms with E-state index in [9.17, 15) is 4.79 Å². The molecule has 8 heteroatoms. The van der Waals surface area contributed by atoms with Crippen LogP contribution in [-0.2, 0) is 11.8 Å². The van der Waals surface area contributed by atoms with Crippen LogP contribution in [0.15, 0.2) is 6.20 Å². The van der Waals surface area contributed by atoms with Gasteiger partial charge in [-0.05, 0) is 19.3 Å². The number of fused-ring (bicyclic) bond motifs is 1. The van der Waals surface area contributed by atoms with Gasteiger partial charge < -0.3 is 15.5 Å². The number of nitrogens with zero attached hydrogens (tertiary/aromatic N) is 6. The van der Waals surface area contributed by atoms with Crippen LogP contribution >= 0.6 is 0 Å². The normalized spacial score (nSPS) is 24.0. The van der Waals surface area contributed by atoms with Crippen molar-refractivity contribution in [2.45, 2.75) is 26.2 Å². The molecule has 0 aliphatic carbocycles. The molecule has 1 spiro atoms. The lowest BCUT2D eigenvalue weighted by Gasteiger charge is -2.23. The fourth-order valence-corrected chi connectivity index (χ4v) is 3.97. The number of aryl methyl sites for hydroxylation is 1. The van der Waals surface area contributed by atoms with Gasteiger partial charge in [0.25, 0.3) is 0 Å². The highest BCUT2D eigenvalue weighted by Gasteiger charge is 2.50. The van der Waals surface area contributed by atoms with Crippen LogP contribution in [0.5, 0.6) is 0 Å². The van der Waals surface area contributed by atoms with Crippen LogP contribution < -0.4 is 10.6 Å². The summed E-state index contributed by atoms with van der Waals surface area (Å²) >= 11 is 0. The van der Waals surface area contributed by atoms with Gasteiger partial charge in [-0.3, -0.25) is 9.48 Å². The topological polar surface area (TPSA) is 93.2 Å². The van der Waals surface area contributed by atoms with Crippen LogP contribution in [0.3, 0.4) is 0 Å². The summed E-state index contributed by atoms with van der Waals surface area (Å²) in [5, 5.41) is 4.96. The zero-order chi connectivity index (χ0) is 16.9. The smallest absolute Gasteiger partial charge is 0.230 e. The molecule has 0 radical (unpaired) electrons. The molecule has 0 saturated carbocycles. The Hall–Kier alpha value is -2.38. The molecular weight excluding hydrogens is 306 g/mol. The van der Waals surface area contributed by atoms with Gasteiger partial charge in [-0.2, -0.15) is 15.1 Å². The molecule has 2 aliphatic heterocycles. The monoisotopic (exact) mass is 329 g/mol. The lowest BCUT2D eigenvalue weighted by atomic mass is 9.85. The van der Waals surface area contributed by atoms with Crippen LogP contribution in [0.4, 0.5) is 11.8 Å². The number of nitrogen functional groups attached to an aromatic ring is 1. The third-order valence-electron chi connectivity index (χ3n) is 5.34. The predicted molar refractivity (Wildman–Crippen MR) is 91.5 cm³/mol. The molecule has 2 saturated heterocycles. The van der Waals surface area contributed by atoms with Gasteiger partial charge in [0.2, 0.25) is 11.9 Å². The third kappa shape index (κ3) is 2.12. The van der Waals surface area contributed by atoms with Crippen molar-refractivity contribution in [1.29, 1.82) is 0 Å². The number of anilines is 2. The zero-order valence-electron chi connectivity index (χ0n) is 14.2. The maximum atomic E-state index is 12.8. The molecule has 24 heavy (non-hydrogen) atoms. The summed E-state index contributed by atoms with van der Waals surface area (Å²) in [6, 6.07) is 0. The number of likely N-dealkylation sites (tertiary alicyclic amines) is 1. The van der Waals surface area contributed by atoms with Gasteiger partial charge in [0.1, 0.15) is 5.82 Å². The van der Waals surface area contributed by atoms with Crippen LogP contribution in [0.2, 0.25) is 0 Å². The second-order valence-corrected chi connectivity index (χ2v) is 6.91. The van der Waals surface area contributed by atoms with Crippen molar-refractivity contribution in [1.82, 2.24) is 24.6 Å². The minimum absolute atomic E-state index is 0.269. The van der Waals surface area contributed by atoms with E-state index in [1.54, 1.807) is 10.9 Å². The number of amides is 1. The van der Waals surface area contributed by atoms with Crippen LogP contribution in [0.25, 0.3) is 11.0 Å². The maximum Gasteiger partial charge on any atom is 0.230 e. The predicted octanol–water partition coefficient (Wildman–Crippen LogP) is 0.784. The first-order chi connectivity index (χ1) is 11.5. The molecular formula is C16H23N7O. The summed E-state index contributed by atoms with van der Waals surface area (Å²) in [6.45, 7) is 5.29. The van der Waals surface area contributed by atoms with Crippen molar-refractivity contribution in [3.8, 4) is 0 Å². The molecule has 0 aromatic carbocycles. The van der Waals surface area contributed by atoms with E-state index in [0.29, 0.717) is 24.2 Å². The molecule has 4 heterocycles. The lowest BCUT2D eigenvalue weighted by molar-refractivity contribution is -0.135. The molecule has 8 nitrogen and oxygen atoms in total. The van der Waals surface area contributed by atoms with Crippen molar-refractivity contribution in [3.63, 3.8) is 0 Å². The second kappa shape index (κ2) is 5.32. The highest BCUT2D eigenvalue weighted by molar-refractivity contribution is 5.87. The molecule has 4 rings (SSSR count). The Balaban J connectivity index is 1.61. The lowest BCUT2D eigenvalue weighted by Crippen LogP contribution is -2.37. The Bertz CT molecular complexity index is 801. The third-order valence-corrected chi connectivity index (χ3v) is 5.34. The Morgan fingerprint density at radius 2 is 2.08 bits per heavy atom. The zero-order valence-corrected chi connectivity index (χ0v) is 14.2. The van der Waals surface area contributed by atoms with Crippen molar-refractivity contribution in [2.24, 2.45) is 12.5 Å². The highest BCUT2D eigenvalue weighted by Crippen LogP contribution is 2.41. The van der Waals surface area contributed by atoms with Crippen LogP contribution in [-0.4, -0.2) is 56.7 Å². The van der Waals surface area contributed by atoms with Gasteiger partial charge in [0.15, 0.2) is 5.65 Å². The fraction of sp³-hybridized carbons (Fsp3) is 0.625. The molecule has 128 valence electrons. The average molecular weight is 329 g/mol. The van der Waals surface area contributed by atoms with E-state index < -0.39 is 0 Å². The number of carbonyl (C=O) groups is 1. The van der Waals surface area contributed by atoms with Gasteiger partial charge in [-0.15, -0.1) is 0 Å². The standard InChI is InChI=1S/C16H23N7O/c1-3-6-22-7-4-16(14(22)24)5-8-23(10-16)15-19-12(17)11-9-18-21(2)13(11)20-15/h9H,3-8,10H2,1-2H3,(H2,17,19,20). The molecule has 1 amide bonds. The Labute approximate surface area is 140 Å². The minimum atomic E-state index is -0.269. The maximum absolute atomic E-state index is 12.8. The summed E-state index contributed by atoms with van der Waals surface area (Å²) in [5.74, 6) is 1.33. The second-order valence-electron chi connectivity index (χ2n) is 6.91. The van der Waals surface area contributed by atoms with E-state index in [0.717, 1.165) is 49.9 Å². The number of rotatable bonds is 3. The molecule has 2 aromatic heterocycles. The Morgan fingerprint density at radius 3 is 2.88 bits per heavy atom. The van der Waals surface area contributed by atoms with E-state index in [1.807, 2.05) is 11.9 Å². The van der Waals surface area contributed by atoms with E-state index in [1.165, 1.54) is 0 Å². The molecule has 2 aliphatic rings. The average Bonchev–Trinajstić information content (AvgIpc) is 3.24. The first kappa shape index (κ1) is 15.2. The minimum Gasteiger partial charge on any atom is -0.383 e.